The fraction of sp³-hybridized carbons (Fsp3) is 0.333. The summed E-state index contributed by atoms with van der Waals surface area (Å²) in [6.07, 6.45) is 3.56. The minimum atomic E-state index is -0.215. The molecule has 0 saturated heterocycles. The van der Waals surface area contributed by atoms with Crippen molar-refractivity contribution in [1.29, 1.82) is 0 Å². The molecule has 1 N–H and O–H groups in total. The van der Waals surface area contributed by atoms with E-state index in [1.165, 1.54) is 6.07 Å². The third kappa shape index (κ3) is 3.82. The number of hydrogen-bond donors (Lipinski definition) is 1. The van der Waals surface area contributed by atoms with E-state index in [1.54, 1.807) is 38.6 Å². The average molecular weight is 275 g/mol. The maximum atomic E-state index is 13.2. The van der Waals surface area contributed by atoms with Crippen LogP contribution in [0.15, 0.2) is 30.6 Å². The highest BCUT2D eigenvalue weighted by molar-refractivity contribution is 5.55. The highest BCUT2D eigenvalue weighted by Crippen LogP contribution is 2.17. The molecule has 0 unspecified atom stereocenters. The zero-order chi connectivity index (χ0) is 14.4. The maximum absolute atomic E-state index is 13.2. The van der Waals surface area contributed by atoms with E-state index in [9.17, 15) is 4.39 Å². The summed E-state index contributed by atoms with van der Waals surface area (Å²) in [5.41, 5.74) is 2.42. The molecule has 1 heterocycles. The van der Waals surface area contributed by atoms with Gasteiger partial charge in [0.15, 0.2) is 5.82 Å². The summed E-state index contributed by atoms with van der Waals surface area (Å²) in [7, 11) is 1.67. The summed E-state index contributed by atoms with van der Waals surface area (Å²) in [6.45, 7) is 3.89. The van der Waals surface area contributed by atoms with Gasteiger partial charge in [0, 0.05) is 43.7 Å². The quantitative estimate of drug-likeness (QED) is 0.822. The smallest absolute Gasteiger partial charge is 0.159 e. The highest BCUT2D eigenvalue weighted by Gasteiger charge is 2.04. The molecule has 0 aliphatic carbocycles. The Balaban J connectivity index is 2.02. The fourth-order valence-corrected chi connectivity index (χ4v) is 1.79. The molecule has 0 bridgehead atoms. The van der Waals surface area contributed by atoms with Crippen molar-refractivity contribution in [3.05, 3.63) is 47.5 Å². The zero-order valence-corrected chi connectivity index (χ0v) is 11.7. The summed E-state index contributed by atoms with van der Waals surface area (Å²) in [5.74, 6) is 0.390. The molecule has 0 spiro atoms. The van der Waals surface area contributed by atoms with Crippen LogP contribution in [0.5, 0.6) is 0 Å². The van der Waals surface area contributed by atoms with Crippen LogP contribution in [0.3, 0.4) is 0 Å². The van der Waals surface area contributed by atoms with Gasteiger partial charge in [-0.1, -0.05) is 0 Å². The maximum Gasteiger partial charge on any atom is 0.159 e. The number of halogens is 1. The Morgan fingerprint density at radius 2 is 2.00 bits per heavy atom. The van der Waals surface area contributed by atoms with Crippen molar-refractivity contribution in [2.24, 2.45) is 0 Å². The number of hydrogen-bond acceptors (Lipinski definition) is 4. The molecule has 1 aromatic heterocycles. The number of benzene rings is 1. The molecule has 4 nitrogen and oxygen atoms in total. The van der Waals surface area contributed by atoms with E-state index >= 15 is 0 Å². The van der Waals surface area contributed by atoms with Crippen molar-refractivity contribution < 1.29 is 9.13 Å². The number of aromatic nitrogens is 2. The van der Waals surface area contributed by atoms with E-state index in [0.717, 1.165) is 17.7 Å². The number of ether oxygens (including phenoxy) is 1. The summed E-state index contributed by atoms with van der Waals surface area (Å²) >= 11 is 0. The molecule has 20 heavy (non-hydrogen) atoms. The van der Waals surface area contributed by atoms with Crippen LogP contribution in [0.2, 0.25) is 0 Å². The van der Waals surface area contributed by atoms with Crippen molar-refractivity contribution in [1.82, 2.24) is 15.3 Å². The molecule has 0 aliphatic rings. The first kappa shape index (κ1) is 14.6. The van der Waals surface area contributed by atoms with Gasteiger partial charge in [-0.2, -0.15) is 0 Å². The van der Waals surface area contributed by atoms with Crippen molar-refractivity contribution in [2.75, 3.05) is 20.3 Å². The van der Waals surface area contributed by atoms with Crippen LogP contribution in [0.1, 0.15) is 11.1 Å². The minimum absolute atomic E-state index is 0.215. The lowest BCUT2D eigenvalue weighted by Gasteiger charge is -2.05. The minimum Gasteiger partial charge on any atom is -0.383 e. The first-order valence-corrected chi connectivity index (χ1v) is 6.48. The van der Waals surface area contributed by atoms with Crippen LogP contribution in [-0.2, 0) is 11.3 Å². The Bertz CT molecular complexity index is 558. The summed E-state index contributed by atoms with van der Waals surface area (Å²) in [4.78, 5) is 8.63. The van der Waals surface area contributed by atoms with Gasteiger partial charge in [0.25, 0.3) is 0 Å². The summed E-state index contributed by atoms with van der Waals surface area (Å²) in [6, 6.07) is 4.88. The number of nitrogens with zero attached hydrogens (tertiary/aromatic N) is 2. The van der Waals surface area contributed by atoms with Gasteiger partial charge in [0.05, 0.1) is 6.61 Å². The first-order chi connectivity index (χ1) is 9.70. The molecule has 0 saturated carbocycles. The summed E-state index contributed by atoms with van der Waals surface area (Å²) in [5, 5.41) is 3.22. The molecule has 0 aliphatic heterocycles. The Kier molecular flexibility index (Phi) is 5.15. The predicted molar refractivity (Wildman–Crippen MR) is 75.7 cm³/mol. The Morgan fingerprint density at radius 3 is 2.65 bits per heavy atom. The van der Waals surface area contributed by atoms with Gasteiger partial charge in [-0.05, 0) is 30.7 Å². The van der Waals surface area contributed by atoms with Gasteiger partial charge < -0.3 is 10.1 Å². The van der Waals surface area contributed by atoms with Gasteiger partial charge in [0.1, 0.15) is 5.82 Å². The molecular formula is C15H18FN3O. The zero-order valence-electron chi connectivity index (χ0n) is 11.7. The molecule has 0 fully saturated rings. The Morgan fingerprint density at radius 1 is 1.25 bits per heavy atom. The van der Waals surface area contributed by atoms with Crippen molar-refractivity contribution in [3.8, 4) is 11.4 Å². The average Bonchev–Trinajstić information content (AvgIpc) is 2.47. The second kappa shape index (κ2) is 7.07. The second-order valence-electron chi connectivity index (χ2n) is 4.55. The lowest BCUT2D eigenvalue weighted by Crippen LogP contribution is -2.18. The molecule has 0 amide bonds. The number of methoxy groups -OCH3 is 1. The van der Waals surface area contributed by atoms with Crippen LogP contribution < -0.4 is 5.32 Å². The largest absolute Gasteiger partial charge is 0.383 e. The van der Waals surface area contributed by atoms with Crippen LogP contribution in [0, 0.1) is 12.7 Å². The van der Waals surface area contributed by atoms with E-state index in [-0.39, 0.29) is 5.82 Å². The van der Waals surface area contributed by atoms with Gasteiger partial charge in [-0.3, -0.25) is 0 Å². The van der Waals surface area contributed by atoms with Gasteiger partial charge in [-0.15, -0.1) is 0 Å². The van der Waals surface area contributed by atoms with Crippen molar-refractivity contribution in [3.63, 3.8) is 0 Å². The van der Waals surface area contributed by atoms with Gasteiger partial charge in [0.2, 0.25) is 0 Å². The highest BCUT2D eigenvalue weighted by atomic mass is 19.1. The van der Waals surface area contributed by atoms with Gasteiger partial charge in [-0.25, -0.2) is 14.4 Å². The molecular weight excluding hydrogens is 257 g/mol. The SMILES string of the molecule is COCCNCc1cnc(-c2ccc(F)c(C)c2)nc1. The third-order valence-electron chi connectivity index (χ3n) is 2.93. The van der Waals surface area contributed by atoms with Crippen molar-refractivity contribution >= 4 is 0 Å². The topological polar surface area (TPSA) is 47.0 Å². The number of nitrogens with one attached hydrogen (secondary N) is 1. The standard InChI is InChI=1S/C15H18FN3O/c1-11-7-13(3-4-14(11)16)15-18-9-12(10-19-15)8-17-5-6-20-2/h3-4,7,9-10,17H,5-6,8H2,1-2H3. The third-order valence-corrected chi connectivity index (χ3v) is 2.93. The van der Waals surface area contributed by atoms with E-state index in [0.29, 0.717) is 24.5 Å². The lowest BCUT2D eigenvalue weighted by molar-refractivity contribution is 0.199. The number of aryl methyl sites for hydroxylation is 1. The Labute approximate surface area is 118 Å². The Hall–Kier alpha value is -1.85. The van der Waals surface area contributed by atoms with Crippen LogP contribution in [0.4, 0.5) is 4.39 Å². The van der Waals surface area contributed by atoms with E-state index in [1.807, 2.05) is 0 Å². The van der Waals surface area contributed by atoms with Crippen molar-refractivity contribution in [2.45, 2.75) is 13.5 Å². The van der Waals surface area contributed by atoms with Crippen LogP contribution >= 0.6 is 0 Å². The van der Waals surface area contributed by atoms with Crippen LogP contribution in [-0.4, -0.2) is 30.2 Å². The van der Waals surface area contributed by atoms with E-state index < -0.39 is 0 Å². The monoisotopic (exact) mass is 275 g/mol. The molecule has 0 radical (unpaired) electrons. The fourth-order valence-electron chi connectivity index (χ4n) is 1.79. The second-order valence-corrected chi connectivity index (χ2v) is 4.55. The first-order valence-electron chi connectivity index (χ1n) is 6.48. The van der Waals surface area contributed by atoms with Crippen LogP contribution in [0.25, 0.3) is 11.4 Å². The molecule has 0 atom stereocenters. The lowest BCUT2D eigenvalue weighted by atomic mass is 10.1. The molecule has 2 rings (SSSR count). The number of rotatable bonds is 6. The molecule has 5 heteroatoms. The normalized spacial score (nSPS) is 10.8. The van der Waals surface area contributed by atoms with E-state index in [2.05, 4.69) is 15.3 Å². The molecule has 1 aromatic carbocycles. The van der Waals surface area contributed by atoms with E-state index in [4.69, 9.17) is 4.74 Å². The molecule has 106 valence electrons. The van der Waals surface area contributed by atoms with Gasteiger partial charge >= 0.3 is 0 Å². The molecule has 2 aromatic rings. The predicted octanol–water partition coefficient (Wildman–Crippen LogP) is 2.33. The summed E-state index contributed by atoms with van der Waals surface area (Å²) < 4.78 is 18.2.